The monoisotopic (exact) mass is 285 g/mol. The molecule has 0 unspecified atom stereocenters. The Hall–Kier alpha value is -1.76. The molecule has 82 valence electrons. The summed E-state index contributed by atoms with van der Waals surface area (Å²) in [4.78, 5) is 10.6. The number of rotatable bonds is 2. The Labute approximate surface area is 97.6 Å². The molecule has 0 saturated heterocycles. The maximum Gasteiger partial charge on any atom is 0.358 e. The topological polar surface area (TPSA) is 68.0 Å². The molecule has 0 fully saturated rings. The molecule has 0 aliphatic heterocycles. The van der Waals surface area contributed by atoms with Gasteiger partial charge in [0.2, 0.25) is 0 Å². The molecule has 1 N–H and O–H groups in total. The maximum atomic E-state index is 12.8. The van der Waals surface area contributed by atoms with E-state index in [1.54, 1.807) is 0 Å². The number of benzene rings is 1. The summed E-state index contributed by atoms with van der Waals surface area (Å²) in [5.74, 6) is -1.56. The second-order valence-corrected chi connectivity index (χ2v) is 3.80. The van der Waals surface area contributed by atoms with Gasteiger partial charge in [0.05, 0.1) is 11.9 Å². The molecule has 0 bridgehead atoms. The summed E-state index contributed by atoms with van der Waals surface area (Å²) in [6.07, 6.45) is 1.25. The standard InChI is InChI=1S/C9H5BrFN3O2/c10-6-3-5(11)1-2-8(6)14-4-7(9(15)16)12-13-14/h1-4H,(H,15,16). The lowest BCUT2D eigenvalue weighted by atomic mass is 10.3. The van der Waals surface area contributed by atoms with Crippen LogP contribution in [0.2, 0.25) is 0 Å². The fraction of sp³-hybridized carbons (Fsp3) is 0. The first-order valence-electron chi connectivity index (χ1n) is 4.19. The highest BCUT2D eigenvalue weighted by atomic mass is 79.9. The molecular weight excluding hydrogens is 281 g/mol. The number of hydrogen-bond donors (Lipinski definition) is 1. The number of carboxylic acid groups (broad SMARTS) is 1. The molecule has 0 spiro atoms. The van der Waals surface area contributed by atoms with Crippen molar-refractivity contribution in [3.05, 3.63) is 40.4 Å². The SMILES string of the molecule is O=C(O)c1cn(-c2ccc(F)cc2Br)nn1. The minimum Gasteiger partial charge on any atom is -0.476 e. The van der Waals surface area contributed by atoms with Gasteiger partial charge in [-0.1, -0.05) is 5.21 Å². The molecule has 0 aliphatic rings. The summed E-state index contributed by atoms with van der Waals surface area (Å²) in [6.45, 7) is 0. The van der Waals surface area contributed by atoms with Crippen molar-refractivity contribution in [3.8, 4) is 5.69 Å². The summed E-state index contributed by atoms with van der Waals surface area (Å²) in [5, 5.41) is 15.8. The van der Waals surface area contributed by atoms with Crippen LogP contribution in [-0.2, 0) is 0 Å². The molecule has 7 heteroatoms. The van der Waals surface area contributed by atoms with Gasteiger partial charge < -0.3 is 5.11 Å². The van der Waals surface area contributed by atoms with E-state index in [-0.39, 0.29) is 5.69 Å². The molecule has 0 aliphatic carbocycles. The molecule has 1 heterocycles. The lowest BCUT2D eigenvalue weighted by Gasteiger charge is -2.02. The maximum absolute atomic E-state index is 12.8. The van der Waals surface area contributed by atoms with Gasteiger partial charge in [0.25, 0.3) is 0 Å². The summed E-state index contributed by atoms with van der Waals surface area (Å²) >= 11 is 3.15. The zero-order valence-electron chi connectivity index (χ0n) is 7.76. The fourth-order valence-electron chi connectivity index (χ4n) is 1.15. The molecule has 16 heavy (non-hydrogen) atoms. The zero-order chi connectivity index (χ0) is 11.7. The minimum atomic E-state index is -1.16. The number of aromatic nitrogens is 3. The largest absolute Gasteiger partial charge is 0.476 e. The lowest BCUT2D eigenvalue weighted by molar-refractivity contribution is 0.0690. The van der Waals surface area contributed by atoms with Gasteiger partial charge in [-0.15, -0.1) is 5.10 Å². The second kappa shape index (κ2) is 4.01. The summed E-state index contributed by atoms with van der Waals surface area (Å²) in [7, 11) is 0. The number of aromatic carboxylic acids is 1. The highest BCUT2D eigenvalue weighted by molar-refractivity contribution is 9.10. The highest BCUT2D eigenvalue weighted by Crippen LogP contribution is 2.21. The van der Waals surface area contributed by atoms with Crippen molar-refractivity contribution >= 4 is 21.9 Å². The van der Waals surface area contributed by atoms with E-state index in [9.17, 15) is 9.18 Å². The van der Waals surface area contributed by atoms with Gasteiger partial charge in [-0.2, -0.15) is 0 Å². The molecular formula is C9H5BrFN3O2. The van der Waals surface area contributed by atoms with E-state index in [2.05, 4.69) is 26.2 Å². The average Bonchev–Trinajstić information content (AvgIpc) is 2.66. The molecule has 1 aromatic carbocycles. The van der Waals surface area contributed by atoms with Crippen LogP contribution < -0.4 is 0 Å². The number of halogens is 2. The molecule has 2 aromatic rings. The predicted molar refractivity (Wildman–Crippen MR) is 56.0 cm³/mol. The predicted octanol–water partition coefficient (Wildman–Crippen LogP) is 1.87. The van der Waals surface area contributed by atoms with Crippen molar-refractivity contribution in [1.29, 1.82) is 0 Å². The van der Waals surface area contributed by atoms with E-state index >= 15 is 0 Å². The summed E-state index contributed by atoms with van der Waals surface area (Å²) in [5.41, 5.74) is 0.345. The molecule has 0 saturated carbocycles. The van der Waals surface area contributed by atoms with Crippen LogP contribution in [0, 0.1) is 5.82 Å². The zero-order valence-corrected chi connectivity index (χ0v) is 9.35. The Balaban J connectivity index is 2.46. The van der Waals surface area contributed by atoms with Gasteiger partial charge in [-0.25, -0.2) is 13.9 Å². The third kappa shape index (κ3) is 1.94. The third-order valence-electron chi connectivity index (χ3n) is 1.87. The Morgan fingerprint density at radius 2 is 2.25 bits per heavy atom. The van der Waals surface area contributed by atoms with E-state index < -0.39 is 11.8 Å². The normalized spacial score (nSPS) is 10.4. The van der Waals surface area contributed by atoms with E-state index in [4.69, 9.17) is 5.11 Å². The summed E-state index contributed by atoms with van der Waals surface area (Å²) in [6, 6.07) is 3.99. The Morgan fingerprint density at radius 1 is 1.50 bits per heavy atom. The molecule has 5 nitrogen and oxygen atoms in total. The fourth-order valence-corrected chi connectivity index (χ4v) is 1.68. The van der Waals surface area contributed by atoms with Gasteiger partial charge in [-0.3, -0.25) is 0 Å². The van der Waals surface area contributed by atoms with Crippen LogP contribution in [0.1, 0.15) is 10.5 Å². The molecule has 0 radical (unpaired) electrons. The van der Waals surface area contributed by atoms with Gasteiger partial charge >= 0.3 is 5.97 Å². The van der Waals surface area contributed by atoms with Crippen LogP contribution >= 0.6 is 15.9 Å². The molecule has 2 rings (SSSR count). The van der Waals surface area contributed by atoms with Crippen LogP contribution in [0.25, 0.3) is 5.69 Å². The molecule has 0 amide bonds. The van der Waals surface area contributed by atoms with Crippen molar-refractivity contribution in [2.45, 2.75) is 0 Å². The van der Waals surface area contributed by atoms with Gasteiger partial charge in [0.15, 0.2) is 5.69 Å². The van der Waals surface area contributed by atoms with E-state index in [0.717, 1.165) is 0 Å². The number of carbonyl (C=O) groups is 1. The quantitative estimate of drug-likeness (QED) is 0.915. The van der Waals surface area contributed by atoms with Crippen LogP contribution in [0.3, 0.4) is 0 Å². The molecule has 0 atom stereocenters. The Kier molecular flexibility index (Phi) is 2.69. The van der Waals surface area contributed by atoms with Crippen molar-refractivity contribution in [2.24, 2.45) is 0 Å². The first-order chi connectivity index (χ1) is 7.58. The van der Waals surface area contributed by atoms with Crippen molar-refractivity contribution in [2.75, 3.05) is 0 Å². The van der Waals surface area contributed by atoms with Gasteiger partial charge in [0.1, 0.15) is 5.82 Å². The second-order valence-electron chi connectivity index (χ2n) is 2.95. The van der Waals surface area contributed by atoms with Gasteiger partial charge in [0, 0.05) is 4.47 Å². The number of nitrogens with zero attached hydrogens (tertiary/aromatic N) is 3. The first-order valence-corrected chi connectivity index (χ1v) is 4.98. The highest BCUT2D eigenvalue weighted by Gasteiger charge is 2.11. The third-order valence-corrected chi connectivity index (χ3v) is 2.50. The summed E-state index contributed by atoms with van der Waals surface area (Å²) < 4.78 is 14.6. The van der Waals surface area contributed by atoms with Crippen LogP contribution in [0.15, 0.2) is 28.9 Å². The van der Waals surface area contributed by atoms with Gasteiger partial charge in [-0.05, 0) is 34.1 Å². The molecule has 1 aromatic heterocycles. The van der Waals surface area contributed by atoms with Crippen LogP contribution in [-0.4, -0.2) is 26.1 Å². The number of carboxylic acids is 1. The van der Waals surface area contributed by atoms with Crippen LogP contribution in [0.5, 0.6) is 0 Å². The van der Waals surface area contributed by atoms with E-state index in [1.807, 2.05) is 0 Å². The lowest BCUT2D eigenvalue weighted by Crippen LogP contribution is -1.97. The van der Waals surface area contributed by atoms with Crippen molar-refractivity contribution in [3.63, 3.8) is 0 Å². The average molecular weight is 286 g/mol. The van der Waals surface area contributed by atoms with Crippen molar-refractivity contribution < 1.29 is 14.3 Å². The number of hydrogen-bond acceptors (Lipinski definition) is 3. The first kappa shape index (κ1) is 10.7. The minimum absolute atomic E-state index is 0.170. The Bertz CT molecular complexity index is 555. The smallest absolute Gasteiger partial charge is 0.358 e. The van der Waals surface area contributed by atoms with Crippen molar-refractivity contribution in [1.82, 2.24) is 15.0 Å². The van der Waals surface area contributed by atoms with E-state index in [0.29, 0.717) is 10.2 Å². The van der Waals surface area contributed by atoms with E-state index in [1.165, 1.54) is 29.1 Å². The Morgan fingerprint density at radius 3 is 2.81 bits per heavy atom. The van der Waals surface area contributed by atoms with Crippen LogP contribution in [0.4, 0.5) is 4.39 Å².